The Morgan fingerprint density at radius 1 is 1.32 bits per heavy atom. The second kappa shape index (κ2) is 6.80. The molecule has 2 saturated heterocycles. The number of rotatable bonds is 3. The van der Waals surface area contributed by atoms with Crippen LogP contribution < -0.4 is 0 Å². The van der Waals surface area contributed by atoms with Crippen molar-refractivity contribution < 1.29 is 9.53 Å². The summed E-state index contributed by atoms with van der Waals surface area (Å²) in [6, 6.07) is 8.63. The highest BCUT2D eigenvalue weighted by molar-refractivity contribution is 5.82. The molecule has 2 aliphatic rings. The first-order chi connectivity index (χ1) is 10.7. The fourth-order valence-corrected chi connectivity index (χ4v) is 3.64. The first-order valence-corrected chi connectivity index (χ1v) is 8.40. The van der Waals surface area contributed by atoms with Gasteiger partial charge in [-0.3, -0.25) is 9.69 Å². The summed E-state index contributed by atoms with van der Waals surface area (Å²) < 4.78 is 5.77. The third-order valence-electron chi connectivity index (χ3n) is 4.96. The lowest BCUT2D eigenvalue weighted by Crippen LogP contribution is -2.50. The van der Waals surface area contributed by atoms with Gasteiger partial charge in [-0.2, -0.15) is 0 Å². The van der Waals surface area contributed by atoms with Crippen molar-refractivity contribution in [2.75, 3.05) is 32.8 Å². The van der Waals surface area contributed by atoms with Gasteiger partial charge in [-0.05, 0) is 37.4 Å². The highest BCUT2D eigenvalue weighted by Crippen LogP contribution is 2.34. The number of ether oxygens (including phenoxy) is 1. The van der Waals surface area contributed by atoms with Gasteiger partial charge < -0.3 is 9.64 Å². The Bertz CT molecular complexity index is 532. The quantitative estimate of drug-likeness (QED) is 0.859. The molecule has 2 heterocycles. The van der Waals surface area contributed by atoms with E-state index in [9.17, 15) is 4.79 Å². The zero-order valence-electron chi connectivity index (χ0n) is 13.6. The number of hydrogen-bond acceptors (Lipinski definition) is 3. The minimum absolute atomic E-state index is 0.170. The van der Waals surface area contributed by atoms with Gasteiger partial charge in [-0.15, -0.1) is 0 Å². The summed E-state index contributed by atoms with van der Waals surface area (Å²) in [5.41, 5.74) is 2.56. The molecular weight excluding hydrogens is 276 g/mol. The second-order valence-corrected chi connectivity index (χ2v) is 6.30. The molecule has 120 valence electrons. The largest absolute Gasteiger partial charge is 0.366 e. The van der Waals surface area contributed by atoms with Crippen LogP contribution in [0.3, 0.4) is 0 Å². The van der Waals surface area contributed by atoms with E-state index < -0.39 is 0 Å². The van der Waals surface area contributed by atoms with Crippen molar-refractivity contribution in [2.45, 2.75) is 38.8 Å². The van der Waals surface area contributed by atoms with Crippen LogP contribution in [0, 0.1) is 6.92 Å². The number of hydrogen-bond donors (Lipinski definition) is 0. The molecule has 0 radical (unpaired) electrons. The van der Waals surface area contributed by atoms with Gasteiger partial charge in [0.05, 0.1) is 12.6 Å². The fraction of sp³-hybridized carbons (Fsp3) is 0.611. The van der Waals surface area contributed by atoms with Crippen LogP contribution >= 0.6 is 0 Å². The van der Waals surface area contributed by atoms with Gasteiger partial charge in [-0.25, -0.2) is 0 Å². The van der Waals surface area contributed by atoms with Crippen molar-refractivity contribution in [3.05, 3.63) is 35.4 Å². The van der Waals surface area contributed by atoms with Crippen LogP contribution in [0.4, 0.5) is 0 Å². The maximum atomic E-state index is 12.9. The average molecular weight is 302 g/mol. The Labute approximate surface area is 133 Å². The molecule has 0 bridgehead atoms. The number of likely N-dealkylation sites (tertiary alicyclic amines) is 1. The summed E-state index contributed by atoms with van der Waals surface area (Å²) in [6.45, 7) is 8.42. The summed E-state index contributed by atoms with van der Waals surface area (Å²) in [5, 5.41) is 0. The van der Waals surface area contributed by atoms with Crippen molar-refractivity contribution in [1.29, 1.82) is 0 Å². The topological polar surface area (TPSA) is 32.8 Å². The van der Waals surface area contributed by atoms with Crippen LogP contribution in [0.15, 0.2) is 24.3 Å². The van der Waals surface area contributed by atoms with Gasteiger partial charge in [0.15, 0.2) is 0 Å². The molecule has 4 nitrogen and oxygen atoms in total. The molecule has 0 aromatic heterocycles. The van der Waals surface area contributed by atoms with Crippen LogP contribution in [0.25, 0.3) is 0 Å². The van der Waals surface area contributed by atoms with Gasteiger partial charge >= 0.3 is 0 Å². The predicted octanol–water partition coefficient (Wildman–Crippen LogP) is 2.38. The third kappa shape index (κ3) is 3.03. The summed E-state index contributed by atoms with van der Waals surface area (Å²) >= 11 is 0. The minimum atomic E-state index is -0.293. The van der Waals surface area contributed by atoms with Crippen LogP contribution in [0.2, 0.25) is 0 Å². The molecule has 1 aromatic rings. The number of likely N-dealkylation sites (N-methyl/N-ethyl adjacent to an activating group) is 1. The van der Waals surface area contributed by atoms with Crippen molar-refractivity contribution in [3.8, 4) is 0 Å². The van der Waals surface area contributed by atoms with E-state index in [4.69, 9.17) is 4.74 Å². The van der Waals surface area contributed by atoms with E-state index in [1.54, 1.807) is 0 Å². The Kier molecular flexibility index (Phi) is 4.79. The molecule has 0 N–H and O–H groups in total. The third-order valence-corrected chi connectivity index (χ3v) is 4.96. The average Bonchev–Trinajstić information content (AvgIpc) is 3.04. The van der Waals surface area contributed by atoms with Gasteiger partial charge in [0, 0.05) is 19.6 Å². The maximum absolute atomic E-state index is 12.9. The number of carbonyl (C=O) groups excluding carboxylic acids is 1. The lowest BCUT2D eigenvalue weighted by atomic mass is 9.99. The SMILES string of the molecule is CCN1CCO[C@@H](C(=O)N2CCC[C@H]2c2ccccc2C)C1. The van der Waals surface area contributed by atoms with E-state index in [0.29, 0.717) is 6.61 Å². The van der Waals surface area contributed by atoms with E-state index in [0.717, 1.165) is 39.0 Å². The molecule has 1 amide bonds. The molecule has 3 rings (SSSR count). The molecule has 2 fully saturated rings. The maximum Gasteiger partial charge on any atom is 0.253 e. The molecule has 2 atom stereocenters. The van der Waals surface area contributed by atoms with Crippen LogP contribution in [0.1, 0.15) is 36.9 Å². The summed E-state index contributed by atoms with van der Waals surface area (Å²) in [7, 11) is 0. The van der Waals surface area contributed by atoms with E-state index in [1.165, 1.54) is 11.1 Å². The van der Waals surface area contributed by atoms with E-state index in [2.05, 4.69) is 43.0 Å². The zero-order valence-corrected chi connectivity index (χ0v) is 13.6. The highest BCUT2D eigenvalue weighted by atomic mass is 16.5. The van der Waals surface area contributed by atoms with Gasteiger partial charge in [-0.1, -0.05) is 31.2 Å². The number of carbonyl (C=O) groups is 1. The molecule has 0 aliphatic carbocycles. The predicted molar refractivity (Wildman–Crippen MR) is 86.7 cm³/mol. The normalized spacial score (nSPS) is 26.4. The van der Waals surface area contributed by atoms with Crippen molar-refractivity contribution in [2.24, 2.45) is 0 Å². The first-order valence-electron chi connectivity index (χ1n) is 8.40. The minimum Gasteiger partial charge on any atom is -0.366 e. The van der Waals surface area contributed by atoms with Crippen molar-refractivity contribution >= 4 is 5.91 Å². The first kappa shape index (κ1) is 15.5. The van der Waals surface area contributed by atoms with Crippen LogP contribution in [-0.2, 0) is 9.53 Å². The Morgan fingerprint density at radius 3 is 2.91 bits per heavy atom. The molecule has 2 aliphatic heterocycles. The molecule has 0 saturated carbocycles. The number of nitrogens with zero attached hydrogens (tertiary/aromatic N) is 2. The smallest absolute Gasteiger partial charge is 0.253 e. The van der Waals surface area contributed by atoms with E-state index >= 15 is 0 Å². The second-order valence-electron chi connectivity index (χ2n) is 6.30. The molecular formula is C18H26N2O2. The molecule has 0 unspecified atom stereocenters. The van der Waals surface area contributed by atoms with Crippen LogP contribution in [-0.4, -0.2) is 54.6 Å². The Hall–Kier alpha value is -1.39. The molecule has 22 heavy (non-hydrogen) atoms. The number of benzene rings is 1. The molecule has 0 spiro atoms. The summed E-state index contributed by atoms with van der Waals surface area (Å²) in [6.07, 6.45) is 1.84. The summed E-state index contributed by atoms with van der Waals surface area (Å²) in [5.74, 6) is 0.170. The van der Waals surface area contributed by atoms with Crippen molar-refractivity contribution in [3.63, 3.8) is 0 Å². The standard InChI is InChI=1S/C18H26N2O2/c1-3-19-11-12-22-17(13-19)18(21)20-10-6-9-16(20)15-8-5-4-7-14(15)2/h4-5,7-8,16-17H,3,6,9-13H2,1-2H3/t16-,17+/m0/s1. The fourth-order valence-electron chi connectivity index (χ4n) is 3.64. The van der Waals surface area contributed by atoms with Gasteiger partial charge in [0.25, 0.3) is 5.91 Å². The van der Waals surface area contributed by atoms with E-state index in [1.807, 2.05) is 4.90 Å². The Morgan fingerprint density at radius 2 is 2.14 bits per heavy atom. The number of aryl methyl sites for hydroxylation is 1. The Balaban J connectivity index is 1.75. The lowest BCUT2D eigenvalue weighted by Gasteiger charge is -2.35. The van der Waals surface area contributed by atoms with Gasteiger partial charge in [0.2, 0.25) is 0 Å². The lowest BCUT2D eigenvalue weighted by molar-refractivity contribution is -0.150. The zero-order chi connectivity index (χ0) is 15.5. The summed E-state index contributed by atoms with van der Waals surface area (Å²) in [4.78, 5) is 17.3. The van der Waals surface area contributed by atoms with Gasteiger partial charge in [0.1, 0.15) is 6.10 Å². The molecule has 1 aromatic carbocycles. The van der Waals surface area contributed by atoms with E-state index in [-0.39, 0.29) is 18.1 Å². The van der Waals surface area contributed by atoms with Crippen LogP contribution in [0.5, 0.6) is 0 Å². The highest BCUT2D eigenvalue weighted by Gasteiger charge is 2.36. The molecule has 4 heteroatoms. The number of morpholine rings is 1. The number of amides is 1. The van der Waals surface area contributed by atoms with Crippen molar-refractivity contribution in [1.82, 2.24) is 9.80 Å². The monoisotopic (exact) mass is 302 g/mol.